The number of halogens is 1. The number of likely N-dealkylation sites (tertiary alicyclic amines) is 1. The van der Waals surface area contributed by atoms with E-state index in [1.807, 2.05) is 19.1 Å². The number of aliphatic hydroxyl groups is 1. The zero-order valence-corrected chi connectivity index (χ0v) is 11.9. The molecule has 92 valence electrons. The van der Waals surface area contributed by atoms with Crippen LogP contribution in [-0.2, 0) is 4.79 Å². The first kappa shape index (κ1) is 12.8. The fraction of sp³-hybridized carbons (Fsp3) is 0.417. The summed E-state index contributed by atoms with van der Waals surface area (Å²) in [6, 6.07) is 3.91. The standard InChI is InChI=1S/C12H14BrNO2S/c1-2-12(16)7-14(8-12)11(15)6-4-9-3-5-10(13)17-9/h3-6,16H,2,7-8H2,1H3. The quantitative estimate of drug-likeness (QED) is 0.871. The minimum atomic E-state index is -0.657. The average molecular weight is 316 g/mol. The first-order chi connectivity index (χ1) is 8.02. The van der Waals surface area contributed by atoms with E-state index < -0.39 is 5.60 Å². The highest BCUT2D eigenvalue weighted by atomic mass is 79.9. The lowest BCUT2D eigenvalue weighted by atomic mass is 9.91. The second-order valence-corrected chi connectivity index (χ2v) is 6.74. The minimum Gasteiger partial charge on any atom is -0.386 e. The third-order valence-corrected chi connectivity index (χ3v) is 4.51. The van der Waals surface area contributed by atoms with Crippen LogP contribution in [0.2, 0.25) is 0 Å². The molecule has 1 aromatic heterocycles. The molecule has 1 aliphatic rings. The lowest BCUT2D eigenvalue weighted by Crippen LogP contribution is -2.62. The van der Waals surface area contributed by atoms with Crippen molar-refractivity contribution in [3.05, 3.63) is 26.9 Å². The summed E-state index contributed by atoms with van der Waals surface area (Å²) < 4.78 is 1.05. The van der Waals surface area contributed by atoms with E-state index in [9.17, 15) is 9.90 Å². The molecule has 0 atom stereocenters. The first-order valence-corrected chi connectivity index (χ1v) is 7.08. The first-order valence-electron chi connectivity index (χ1n) is 5.47. The van der Waals surface area contributed by atoms with Gasteiger partial charge in [0.2, 0.25) is 5.91 Å². The third-order valence-electron chi connectivity index (χ3n) is 2.92. The molecule has 3 nitrogen and oxygen atoms in total. The molecule has 17 heavy (non-hydrogen) atoms. The van der Waals surface area contributed by atoms with Gasteiger partial charge in [0.1, 0.15) is 0 Å². The summed E-state index contributed by atoms with van der Waals surface area (Å²) in [6.45, 7) is 2.82. The predicted octanol–water partition coefficient (Wildman–Crippen LogP) is 2.51. The molecule has 0 unspecified atom stereocenters. The number of hydrogen-bond acceptors (Lipinski definition) is 3. The van der Waals surface area contributed by atoms with Gasteiger partial charge in [-0.1, -0.05) is 6.92 Å². The Hall–Kier alpha value is -0.650. The van der Waals surface area contributed by atoms with Crippen LogP contribution >= 0.6 is 27.3 Å². The van der Waals surface area contributed by atoms with Gasteiger partial charge >= 0.3 is 0 Å². The van der Waals surface area contributed by atoms with Gasteiger partial charge in [0.15, 0.2) is 0 Å². The fourth-order valence-electron chi connectivity index (χ4n) is 1.72. The van der Waals surface area contributed by atoms with E-state index in [0.29, 0.717) is 19.5 Å². The molecular formula is C12H14BrNO2S. The molecule has 0 bridgehead atoms. The molecule has 5 heteroatoms. The van der Waals surface area contributed by atoms with Gasteiger partial charge in [0, 0.05) is 11.0 Å². The van der Waals surface area contributed by atoms with Crippen molar-refractivity contribution in [2.24, 2.45) is 0 Å². The van der Waals surface area contributed by atoms with Crippen molar-refractivity contribution in [2.45, 2.75) is 18.9 Å². The number of thiophene rings is 1. The summed E-state index contributed by atoms with van der Waals surface area (Å²) >= 11 is 4.95. The normalized spacial score (nSPS) is 18.4. The van der Waals surface area contributed by atoms with Crippen LogP contribution in [0, 0.1) is 0 Å². The van der Waals surface area contributed by atoms with Gasteiger partial charge in [-0.25, -0.2) is 0 Å². The highest BCUT2D eigenvalue weighted by Gasteiger charge is 2.41. The fourth-order valence-corrected chi connectivity index (χ4v) is 3.05. The smallest absolute Gasteiger partial charge is 0.246 e. The van der Waals surface area contributed by atoms with Crippen LogP contribution in [0.15, 0.2) is 22.0 Å². The SMILES string of the molecule is CCC1(O)CN(C(=O)C=Cc2ccc(Br)s2)C1. The van der Waals surface area contributed by atoms with E-state index in [0.717, 1.165) is 8.66 Å². The maximum absolute atomic E-state index is 11.7. The van der Waals surface area contributed by atoms with E-state index >= 15 is 0 Å². The minimum absolute atomic E-state index is 0.0346. The Morgan fingerprint density at radius 2 is 2.35 bits per heavy atom. The molecule has 2 rings (SSSR count). The molecule has 1 fully saturated rings. The zero-order chi connectivity index (χ0) is 12.5. The van der Waals surface area contributed by atoms with Crippen molar-refractivity contribution < 1.29 is 9.90 Å². The van der Waals surface area contributed by atoms with E-state index in [4.69, 9.17) is 0 Å². The summed E-state index contributed by atoms with van der Waals surface area (Å²) in [5, 5.41) is 9.80. The molecule has 1 aromatic rings. The topological polar surface area (TPSA) is 40.5 Å². The van der Waals surface area contributed by atoms with Crippen LogP contribution < -0.4 is 0 Å². The number of carbonyl (C=O) groups is 1. The van der Waals surface area contributed by atoms with Gasteiger partial charge in [0.05, 0.1) is 22.5 Å². The summed E-state index contributed by atoms with van der Waals surface area (Å²) in [4.78, 5) is 14.4. The second-order valence-electron chi connectivity index (χ2n) is 4.25. The van der Waals surface area contributed by atoms with Crippen LogP contribution in [0.1, 0.15) is 18.2 Å². The highest BCUT2D eigenvalue weighted by Crippen LogP contribution is 2.25. The van der Waals surface area contributed by atoms with Gasteiger partial charge in [-0.2, -0.15) is 0 Å². The Morgan fingerprint density at radius 1 is 1.65 bits per heavy atom. The van der Waals surface area contributed by atoms with Crippen molar-refractivity contribution in [1.82, 2.24) is 4.90 Å². The van der Waals surface area contributed by atoms with E-state index in [2.05, 4.69) is 15.9 Å². The van der Waals surface area contributed by atoms with Crippen molar-refractivity contribution in [3.63, 3.8) is 0 Å². The third kappa shape index (κ3) is 2.97. The predicted molar refractivity (Wildman–Crippen MR) is 72.9 cm³/mol. The summed E-state index contributed by atoms with van der Waals surface area (Å²) in [5.41, 5.74) is -0.657. The van der Waals surface area contributed by atoms with Crippen LogP contribution in [0.4, 0.5) is 0 Å². The number of β-amino-alcohol motifs (C(OH)–C–C–N with tert-alkyl or cyclic N) is 1. The maximum Gasteiger partial charge on any atom is 0.246 e. The van der Waals surface area contributed by atoms with Crippen molar-refractivity contribution >= 4 is 39.2 Å². The molecule has 0 spiro atoms. The van der Waals surface area contributed by atoms with Gasteiger partial charge in [0.25, 0.3) is 0 Å². The van der Waals surface area contributed by atoms with Gasteiger partial charge in [-0.15, -0.1) is 11.3 Å². The maximum atomic E-state index is 11.7. The summed E-state index contributed by atoms with van der Waals surface area (Å²) in [7, 11) is 0. The highest BCUT2D eigenvalue weighted by molar-refractivity contribution is 9.11. The summed E-state index contributed by atoms with van der Waals surface area (Å²) in [5.74, 6) is -0.0346. The number of nitrogens with zero attached hydrogens (tertiary/aromatic N) is 1. The van der Waals surface area contributed by atoms with Crippen LogP contribution in [0.3, 0.4) is 0 Å². The number of hydrogen-bond donors (Lipinski definition) is 1. The molecule has 0 saturated carbocycles. The van der Waals surface area contributed by atoms with Crippen LogP contribution in [0.25, 0.3) is 6.08 Å². The molecule has 0 aromatic carbocycles. The number of rotatable bonds is 3. The van der Waals surface area contributed by atoms with Crippen molar-refractivity contribution in [2.75, 3.05) is 13.1 Å². The van der Waals surface area contributed by atoms with E-state index in [1.54, 1.807) is 28.4 Å². The monoisotopic (exact) mass is 315 g/mol. The lowest BCUT2D eigenvalue weighted by molar-refractivity contribution is -0.150. The summed E-state index contributed by atoms with van der Waals surface area (Å²) in [6.07, 6.45) is 4.06. The molecule has 0 radical (unpaired) electrons. The van der Waals surface area contributed by atoms with Crippen LogP contribution in [0.5, 0.6) is 0 Å². The Balaban J connectivity index is 1.89. The second kappa shape index (κ2) is 4.92. The number of amides is 1. The molecule has 1 saturated heterocycles. The van der Waals surface area contributed by atoms with Gasteiger partial charge < -0.3 is 10.0 Å². The zero-order valence-electron chi connectivity index (χ0n) is 9.52. The van der Waals surface area contributed by atoms with E-state index in [1.165, 1.54) is 0 Å². The molecule has 0 aliphatic carbocycles. The Labute approximate surface area is 113 Å². The Morgan fingerprint density at radius 3 is 2.88 bits per heavy atom. The molecule has 1 N–H and O–H groups in total. The number of carbonyl (C=O) groups excluding carboxylic acids is 1. The average Bonchev–Trinajstić information content (AvgIpc) is 2.67. The molecular weight excluding hydrogens is 302 g/mol. The molecule has 1 amide bonds. The Kier molecular flexibility index (Phi) is 3.70. The Bertz CT molecular complexity index is 449. The van der Waals surface area contributed by atoms with Crippen LogP contribution in [-0.4, -0.2) is 34.6 Å². The molecule has 2 heterocycles. The van der Waals surface area contributed by atoms with Gasteiger partial charge in [-0.05, 0) is 40.6 Å². The van der Waals surface area contributed by atoms with Crippen molar-refractivity contribution in [3.8, 4) is 0 Å². The largest absolute Gasteiger partial charge is 0.386 e. The lowest BCUT2D eigenvalue weighted by Gasteiger charge is -2.45. The van der Waals surface area contributed by atoms with E-state index in [-0.39, 0.29) is 5.91 Å². The van der Waals surface area contributed by atoms with Crippen molar-refractivity contribution in [1.29, 1.82) is 0 Å². The van der Waals surface area contributed by atoms with Gasteiger partial charge in [-0.3, -0.25) is 4.79 Å². The molecule has 1 aliphatic heterocycles.